The van der Waals surface area contributed by atoms with Crippen molar-refractivity contribution in [2.75, 3.05) is 18.4 Å². The van der Waals surface area contributed by atoms with Crippen LogP contribution < -0.4 is 10.6 Å². The summed E-state index contributed by atoms with van der Waals surface area (Å²) in [5, 5.41) is 6.32. The van der Waals surface area contributed by atoms with Crippen LogP contribution in [0.2, 0.25) is 0 Å². The van der Waals surface area contributed by atoms with E-state index in [2.05, 4.69) is 29.5 Å². The Kier molecular flexibility index (Phi) is 5.57. The van der Waals surface area contributed by atoms with Crippen LogP contribution in [0, 0.1) is 12.7 Å². The Morgan fingerprint density at radius 1 is 1.06 bits per heavy atom. The molecule has 2 aliphatic rings. The monoisotopic (exact) mass is 458 g/mol. The number of rotatable bonds is 3. The van der Waals surface area contributed by atoms with Gasteiger partial charge in [-0.1, -0.05) is 30.3 Å². The molecule has 2 amide bonds. The number of amides is 2. The average Bonchev–Trinajstić information content (AvgIpc) is 3.32. The van der Waals surface area contributed by atoms with E-state index in [0.29, 0.717) is 52.3 Å². The molecule has 3 heterocycles. The first-order chi connectivity index (χ1) is 16.3. The number of carbonyl (C=O) groups excluding carboxylic acids is 2. The highest BCUT2D eigenvalue weighted by Gasteiger charge is 2.31. The van der Waals surface area contributed by atoms with E-state index in [-0.39, 0.29) is 29.7 Å². The molecule has 34 heavy (non-hydrogen) atoms. The maximum absolute atomic E-state index is 14.7. The van der Waals surface area contributed by atoms with Crippen LogP contribution in [0.15, 0.2) is 48.5 Å². The Hall–Kier alpha value is -3.71. The van der Waals surface area contributed by atoms with Crippen LogP contribution >= 0.6 is 0 Å². The minimum Gasteiger partial charge on any atom is -0.358 e. The van der Waals surface area contributed by atoms with Crippen LogP contribution in [0.25, 0.3) is 22.8 Å². The van der Waals surface area contributed by atoms with Gasteiger partial charge >= 0.3 is 0 Å². The Morgan fingerprint density at radius 3 is 2.50 bits per heavy atom. The molecular weight excluding hydrogens is 431 g/mol. The highest BCUT2D eigenvalue weighted by Crippen LogP contribution is 2.41. The summed E-state index contributed by atoms with van der Waals surface area (Å²) >= 11 is 0. The largest absolute Gasteiger partial charge is 0.358 e. The maximum atomic E-state index is 14.7. The summed E-state index contributed by atoms with van der Waals surface area (Å²) in [4.78, 5) is 31.5. The lowest BCUT2D eigenvalue weighted by molar-refractivity contribution is -0.110. The fraction of sp³-hybridized carbons (Fsp3) is 0.259. The summed E-state index contributed by atoms with van der Waals surface area (Å²) in [5.41, 5.74) is 4.62. The van der Waals surface area contributed by atoms with Crippen molar-refractivity contribution in [1.29, 1.82) is 0 Å². The zero-order chi connectivity index (χ0) is 24.0. The lowest BCUT2D eigenvalue weighted by Gasteiger charge is -2.36. The zero-order valence-electron chi connectivity index (χ0n) is 19.4. The molecule has 3 aromatic rings. The molecule has 0 bridgehead atoms. The molecule has 0 spiro atoms. The van der Waals surface area contributed by atoms with Crippen LogP contribution in [0.4, 0.5) is 10.1 Å². The number of hydrogen-bond donors (Lipinski definition) is 3. The summed E-state index contributed by atoms with van der Waals surface area (Å²) in [6, 6.07) is 14.1. The van der Waals surface area contributed by atoms with Gasteiger partial charge in [0.25, 0.3) is 11.8 Å². The van der Waals surface area contributed by atoms with Gasteiger partial charge in [0.05, 0.1) is 16.8 Å². The Bertz CT molecular complexity index is 1320. The van der Waals surface area contributed by atoms with Gasteiger partial charge in [0, 0.05) is 47.7 Å². The number of aryl methyl sites for hydroxylation is 1. The lowest BCUT2D eigenvalue weighted by atomic mass is 9.94. The topological polar surface area (TPSA) is 77.2 Å². The number of anilines is 1. The zero-order valence-corrected chi connectivity index (χ0v) is 19.4. The number of piperazine rings is 1. The van der Waals surface area contributed by atoms with Crippen molar-refractivity contribution in [1.82, 2.24) is 15.2 Å². The SMILES string of the molecule is Cc1cc(C(=O)N2C[C@@H](C)N[C@@H](C)C2)c(C=C2C(=O)Nc3cccc(-c4ccccc4F)c32)[nH]1. The maximum Gasteiger partial charge on any atom is 0.256 e. The third-order valence-corrected chi connectivity index (χ3v) is 6.34. The van der Waals surface area contributed by atoms with Crippen molar-refractivity contribution in [3.8, 4) is 11.1 Å². The molecule has 7 heteroatoms. The van der Waals surface area contributed by atoms with Crippen molar-refractivity contribution in [3.05, 3.63) is 76.9 Å². The standard InChI is InChI=1S/C27H27FN4O2/c1-15-11-20(27(34)32-13-16(2)29-17(3)14-32)24(30-15)12-21-25-19(18-7-4-5-9-22(18)28)8-6-10-23(25)31-26(21)33/h4-12,16-17,29-30H,13-14H2,1-3H3,(H,31,33)/t16-,17+. The van der Waals surface area contributed by atoms with Crippen molar-refractivity contribution in [3.63, 3.8) is 0 Å². The van der Waals surface area contributed by atoms with E-state index in [1.54, 1.807) is 42.5 Å². The molecule has 0 radical (unpaired) electrons. The van der Waals surface area contributed by atoms with Crippen LogP contribution in [0.5, 0.6) is 0 Å². The molecule has 1 aromatic heterocycles. The van der Waals surface area contributed by atoms with E-state index < -0.39 is 0 Å². The van der Waals surface area contributed by atoms with Gasteiger partial charge in [-0.3, -0.25) is 9.59 Å². The molecule has 0 saturated carbocycles. The fourth-order valence-electron chi connectivity index (χ4n) is 5.00. The molecule has 2 aliphatic heterocycles. The molecule has 5 rings (SSSR count). The molecule has 2 atom stereocenters. The smallest absolute Gasteiger partial charge is 0.256 e. The highest BCUT2D eigenvalue weighted by molar-refractivity contribution is 6.36. The number of halogens is 1. The van der Waals surface area contributed by atoms with Crippen LogP contribution in [0.3, 0.4) is 0 Å². The molecule has 174 valence electrons. The van der Waals surface area contributed by atoms with Crippen LogP contribution in [-0.4, -0.2) is 46.9 Å². The number of hydrogen-bond acceptors (Lipinski definition) is 3. The Labute approximate surface area is 197 Å². The molecule has 0 unspecified atom stereocenters. The second-order valence-electron chi connectivity index (χ2n) is 9.18. The normalized spacial score (nSPS) is 21.0. The summed E-state index contributed by atoms with van der Waals surface area (Å²) < 4.78 is 14.7. The first-order valence-electron chi connectivity index (χ1n) is 11.5. The number of aromatic amines is 1. The molecule has 2 aromatic carbocycles. The van der Waals surface area contributed by atoms with Crippen LogP contribution in [-0.2, 0) is 4.79 Å². The number of nitrogens with zero attached hydrogens (tertiary/aromatic N) is 1. The minimum absolute atomic E-state index is 0.0718. The molecule has 0 aliphatic carbocycles. The molecule has 1 saturated heterocycles. The average molecular weight is 459 g/mol. The van der Waals surface area contributed by atoms with Crippen molar-refractivity contribution in [2.45, 2.75) is 32.9 Å². The first-order valence-corrected chi connectivity index (χ1v) is 11.5. The molecule has 1 fully saturated rings. The van der Waals surface area contributed by atoms with Gasteiger partial charge in [-0.05, 0) is 50.6 Å². The second kappa shape index (κ2) is 8.57. The number of aromatic nitrogens is 1. The van der Waals surface area contributed by atoms with Gasteiger partial charge in [-0.25, -0.2) is 4.39 Å². The summed E-state index contributed by atoms with van der Waals surface area (Å²) in [6.07, 6.45) is 1.71. The van der Waals surface area contributed by atoms with Gasteiger partial charge in [-0.15, -0.1) is 0 Å². The van der Waals surface area contributed by atoms with E-state index in [0.717, 1.165) is 5.69 Å². The second-order valence-corrected chi connectivity index (χ2v) is 9.18. The van der Waals surface area contributed by atoms with Crippen molar-refractivity contribution >= 4 is 29.2 Å². The number of H-pyrrole nitrogens is 1. The first kappa shape index (κ1) is 22.1. The summed E-state index contributed by atoms with van der Waals surface area (Å²) in [6.45, 7) is 7.24. The minimum atomic E-state index is -0.358. The Morgan fingerprint density at radius 2 is 1.76 bits per heavy atom. The van der Waals surface area contributed by atoms with E-state index >= 15 is 0 Å². The van der Waals surface area contributed by atoms with Crippen molar-refractivity contribution in [2.24, 2.45) is 0 Å². The highest BCUT2D eigenvalue weighted by atomic mass is 19.1. The lowest BCUT2D eigenvalue weighted by Crippen LogP contribution is -2.55. The van der Waals surface area contributed by atoms with Crippen molar-refractivity contribution < 1.29 is 14.0 Å². The van der Waals surface area contributed by atoms with Crippen LogP contribution in [0.1, 0.15) is 41.2 Å². The van der Waals surface area contributed by atoms with E-state index in [1.165, 1.54) is 6.07 Å². The number of benzene rings is 2. The number of fused-ring (bicyclic) bond motifs is 1. The number of carbonyl (C=O) groups is 2. The quantitative estimate of drug-likeness (QED) is 0.508. The predicted molar refractivity (Wildman–Crippen MR) is 132 cm³/mol. The van der Waals surface area contributed by atoms with Gasteiger partial charge in [-0.2, -0.15) is 0 Å². The molecule has 3 N–H and O–H groups in total. The van der Waals surface area contributed by atoms with Gasteiger partial charge in [0.1, 0.15) is 5.82 Å². The Balaban J connectivity index is 1.59. The van der Waals surface area contributed by atoms with E-state index in [4.69, 9.17) is 0 Å². The summed E-state index contributed by atoms with van der Waals surface area (Å²) in [5.74, 6) is -0.714. The van der Waals surface area contributed by atoms with Gasteiger partial charge in [0.2, 0.25) is 0 Å². The van der Waals surface area contributed by atoms with Gasteiger partial charge < -0.3 is 20.5 Å². The third kappa shape index (κ3) is 3.92. The molecule has 6 nitrogen and oxygen atoms in total. The van der Waals surface area contributed by atoms with E-state index in [1.807, 2.05) is 17.9 Å². The predicted octanol–water partition coefficient (Wildman–Crippen LogP) is 4.44. The molecular formula is C27H27FN4O2. The van der Waals surface area contributed by atoms with E-state index in [9.17, 15) is 14.0 Å². The van der Waals surface area contributed by atoms with Gasteiger partial charge in [0.15, 0.2) is 0 Å². The fourth-order valence-corrected chi connectivity index (χ4v) is 5.00. The third-order valence-electron chi connectivity index (χ3n) is 6.34. The summed E-state index contributed by atoms with van der Waals surface area (Å²) in [7, 11) is 0. The number of nitrogens with one attached hydrogen (secondary N) is 3.